The van der Waals surface area contributed by atoms with Gasteiger partial charge in [0.15, 0.2) is 5.69 Å². The minimum Gasteiger partial charge on any atom is -0.396 e. The van der Waals surface area contributed by atoms with Crippen LogP contribution in [0, 0.1) is 11.3 Å². The van der Waals surface area contributed by atoms with Gasteiger partial charge in [0, 0.05) is 0 Å². The molecule has 0 amide bonds. The van der Waals surface area contributed by atoms with Crippen molar-refractivity contribution in [1.29, 1.82) is 5.26 Å². The molecule has 9 heteroatoms. The zero-order valence-corrected chi connectivity index (χ0v) is 7.92. The minimum absolute atomic E-state index is 0.447. The Hall–Kier alpha value is -2.11. The molecule has 1 aromatic heterocycles. The molecule has 4 nitrogen and oxygen atoms in total. The van der Waals surface area contributed by atoms with Gasteiger partial charge in [0.05, 0.1) is 11.3 Å². The molecule has 2 N–H and O–H groups in total. The van der Waals surface area contributed by atoms with E-state index >= 15 is 0 Å². The highest BCUT2D eigenvalue weighted by molar-refractivity contribution is 5.54. The summed E-state index contributed by atoms with van der Waals surface area (Å²) in [7, 11) is 0. The third-order valence-electron chi connectivity index (χ3n) is 1.60. The fourth-order valence-corrected chi connectivity index (χ4v) is 0.966. The molecule has 17 heavy (non-hydrogen) atoms. The van der Waals surface area contributed by atoms with Crippen LogP contribution >= 0.6 is 0 Å². The fourth-order valence-electron chi connectivity index (χ4n) is 0.966. The van der Waals surface area contributed by atoms with Gasteiger partial charge in [-0.2, -0.15) is 10.2 Å². The van der Waals surface area contributed by atoms with Crippen LogP contribution in [-0.4, -0.2) is 11.3 Å². The zero-order chi connectivity index (χ0) is 13.2. The molecule has 0 aliphatic heterocycles. The van der Waals surface area contributed by atoms with E-state index in [4.69, 9.17) is 11.0 Å². The monoisotopic (exact) mass is 253 g/mol. The maximum Gasteiger partial charge on any atom is 0.574 e. The molecule has 0 aromatic carbocycles. The normalized spacial score (nSPS) is 11.4. The summed E-state index contributed by atoms with van der Waals surface area (Å²) >= 11 is 0. The first-order valence-electron chi connectivity index (χ1n) is 3.99. The number of ether oxygens (including phenoxy) is 1. The zero-order valence-electron chi connectivity index (χ0n) is 7.92. The lowest BCUT2D eigenvalue weighted by molar-refractivity contribution is -0.276. The summed E-state index contributed by atoms with van der Waals surface area (Å²) in [5, 5.41) is 8.45. The third kappa shape index (κ3) is 3.17. The summed E-state index contributed by atoms with van der Waals surface area (Å²) in [6.45, 7) is 0. The van der Waals surface area contributed by atoms with Gasteiger partial charge in [0.1, 0.15) is 6.07 Å². The van der Waals surface area contributed by atoms with Crippen LogP contribution in [0.1, 0.15) is 17.7 Å². The van der Waals surface area contributed by atoms with Crippen molar-refractivity contribution in [3.8, 4) is 11.9 Å². The number of nitrogens with zero attached hydrogens (tertiary/aromatic N) is 2. The average Bonchev–Trinajstić information content (AvgIpc) is 2.17. The van der Waals surface area contributed by atoms with Crippen molar-refractivity contribution in [1.82, 2.24) is 4.98 Å². The predicted molar refractivity (Wildman–Crippen MR) is 45.0 cm³/mol. The molecule has 1 rings (SSSR count). The highest BCUT2D eigenvalue weighted by Gasteiger charge is 2.34. The molecule has 0 saturated carbocycles. The molecule has 0 saturated heterocycles. The summed E-state index contributed by atoms with van der Waals surface area (Å²) in [4.78, 5) is 2.99. The fraction of sp³-hybridized carbons (Fsp3) is 0.250. The Balaban J connectivity index is 3.30. The Morgan fingerprint density at radius 3 is 2.41 bits per heavy atom. The van der Waals surface area contributed by atoms with Crippen LogP contribution in [0.15, 0.2) is 6.07 Å². The number of alkyl halides is 5. The smallest absolute Gasteiger partial charge is 0.396 e. The summed E-state index contributed by atoms with van der Waals surface area (Å²) in [6.07, 6.45) is -8.44. The summed E-state index contributed by atoms with van der Waals surface area (Å²) in [5.74, 6) is -1.38. The first kappa shape index (κ1) is 13.0. The van der Waals surface area contributed by atoms with Crippen LogP contribution in [-0.2, 0) is 0 Å². The van der Waals surface area contributed by atoms with Gasteiger partial charge in [0.25, 0.3) is 6.43 Å². The molecular weight excluding hydrogens is 249 g/mol. The molecule has 1 heterocycles. The van der Waals surface area contributed by atoms with Crippen LogP contribution in [0.2, 0.25) is 0 Å². The van der Waals surface area contributed by atoms with Gasteiger partial charge >= 0.3 is 6.36 Å². The van der Waals surface area contributed by atoms with Crippen molar-refractivity contribution < 1.29 is 26.7 Å². The Kier molecular flexibility index (Phi) is 3.36. The number of anilines is 1. The first-order chi connectivity index (χ1) is 7.74. The van der Waals surface area contributed by atoms with Gasteiger partial charge in [-0.25, -0.2) is 8.78 Å². The number of nitriles is 1. The van der Waals surface area contributed by atoms with E-state index in [0.29, 0.717) is 6.07 Å². The Morgan fingerprint density at radius 2 is 2.00 bits per heavy atom. The van der Waals surface area contributed by atoms with Crippen LogP contribution in [0.5, 0.6) is 5.88 Å². The highest BCUT2D eigenvalue weighted by Crippen LogP contribution is 2.33. The Morgan fingerprint density at radius 1 is 1.41 bits per heavy atom. The molecule has 0 bridgehead atoms. The first-order valence-corrected chi connectivity index (χ1v) is 3.99. The van der Waals surface area contributed by atoms with Gasteiger partial charge in [-0.05, 0) is 6.07 Å². The van der Waals surface area contributed by atoms with Crippen molar-refractivity contribution in [2.24, 2.45) is 0 Å². The topological polar surface area (TPSA) is 71.9 Å². The number of rotatable bonds is 2. The lowest BCUT2D eigenvalue weighted by atomic mass is 10.2. The van der Waals surface area contributed by atoms with E-state index in [2.05, 4.69) is 9.72 Å². The summed E-state index contributed by atoms with van der Waals surface area (Å²) in [5.41, 5.74) is 2.96. The summed E-state index contributed by atoms with van der Waals surface area (Å²) < 4.78 is 63.8. The number of hydrogen-bond donors (Lipinski definition) is 1. The van der Waals surface area contributed by atoms with Crippen LogP contribution in [0.3, 0.4) is 0 Å². The summed E-state index contributed by atoms with van der Waals surface area (Å²) in [6, 6.07) is 1.88. The van der Waals surface area contributed by atoms with E-state index in [1.165, 1.54) is 6.07 Å². The van der Waals surface area contributed by atoms with E-state index in [1.807, 2.05) is 0 Å². The van der Waals surface area contributed by atoms with E-state index in [1.54, 1.807) is 0 Å². The quantitative estimate of drug-likeness (QED) is 0.821. The van der Waals surface area contributed by atoms with E-state index < -0.39 is 35.6 Å². The van der Waals surface area contributed by atoms with Crippen LogP contribution < -0.4 is 10.5 Å². The Labute approximate surface area is 91.4 Å². The lowest BCUT2D eigenvalue weighted by Gasteiger charge is -2.12. The maximum atomic E-state index is 12.4. The van der Waals surface area contributed by atoms with Gasteiger partial charge in [0.2, 0.25) is 5.88 Å². The lowest BCUT2D eigenvalue weighted by Crippen LogP contribution is -2.19. The standard InChI is InChI=1S/C8H4F5N3O/c9-6(10)3-1-4(15)5(2-14)16-7(3)17-8(11,12)13/h1,6H,15H2. The molecule has 1 aromatic rings. The van der Waals surface area contributed by atoms with Crippen molar-refractivity contribution in [3.05, 3.63) is 17.3 Å². The molecule has 0 aliphatic carbocycles. The van der Waals surface area contributed by atoms with Crippen molar-refractivity contribution >= 4 is 5.69 Å². The molecule has 0 unspecified atom stereocenters. The number of nitrogen functional groups attached to an aromatic ring is 1. The molecular formula is C8H4F5N3O. The molecule has 0 fully saturated rings. The molecule has 0 atom stereocenters. The van der Waals surface area contributed by atoms with Gasteiger partial charge in [-0.15, -0.1) is 13.2 Å². The SMILES string of the molecule is N#Cc1nc(OC(F)(F)F)c(C(F)F)cc1N. The highest BCUT2D eigenvalue weighted by atomic mass is 19.4. The van der Waals surface area contributed by atoms with E-state index in [9.17, 15) is 22.0 Å². The molecule has 92 valence electrons. The van der Waals surface area contributed by atoms with Crippen molar-refractivity contribution in [2.75, 3.05) is 5.73 Å². The van der Waals surface area contributed by atoms with Gasteiger partial charge in [-0.1, -0.05) is 0 Å². The minimum atomic E-state index is -5.18. The number of pyridine rings is 1. The number of hydrogen-bond acceptors (Lipinski definition) is 4. The van der Waals surface area contributed by atoms with Crippen LogP contribution in [0.25, 0.3) is 0 Å². The predicted octanol–water partition coefficient (Wildman–Crippen LogP) is 2.37. The molecule has 0 spiro atoms. The second-order valence-electron chi connectivity index (χ2n) is 2.78. The van der Waals surface area contributed by atoms with Crippen LogP contribution in [0.4, 0.5) is 27.6 Å². The average molecular weight is 253 g/mol. The Bertz CT molecular complexity index is 465. The second-order valence-corrected chi connectivity index (χ2v) is 2.78. The number of halogens is 5. The van der Waals surface area contributed by atoms with Crippen molar-refractivity contribution in [2.45, 2.75) is 12.8 Å². The van der Waals surface area contributed by atoms with E-state index in [0.717, 1.165) is 0 Å². The van der Waals surface area contributed by atoms with Gasteiger partial charge < -0.3 is 10.5 Å². The maximum absolute atomic E-state index is 12.4. The largest absolute Gasteiger partial charge is 0.574 e. The number of nitrogens with two attached hydrogens (primary N) is 1. The van der Waals surface area contributed by atoms with E-state index in [-0.39, 0.29) is 0 Å². The second kappa shape index (κ2) is 4.40. The van der Waals surface area contributed by atoms with Crippen molar-refractivity contribution in [3.63, 3.8) is 0 Å². The molecule has 0 radical (unpaired) electrons. The van der Waals surface area contributed by atoms with Gasteiger partial charge in [-0.3, -0.25) is 0 Å². The molecule has 0 aliphatic rings. The number of aromatic nitrogens is 1. The third-order valence-corrected chi connectivity index (χ3v) is 1.60.